The van der Waals surface area contributed by atoms with Crippen molar-refractivity contribution in [1.82, 2.24) is 9.80 Å². The second-order valence-corrected chi connectivity index (χ2v) is 8.97. The highest BCUT2D eigenvalue weighted by Crippen LogP contribution is 2.27. The fourth-order valence-corrected chi connectivity index (χ4v) is 4.97. The molecule has 0 bridgehead atoms. The minimum Gasteiger partial charge on any atom is -0.388 e. The van der Waals surface area contributed by atoms with Gasteiger partial charge in [0.25, 0.3) is 0 Å². The maximum absolute atomic E-state index is 10.4. The maximum atomic E-state index is 10.4. The first kappa shape index (κ1) is 21.5. The Kier molecular flexibility index (Phi) is 7.56. The highest BCUT2D eigenvalue weighted by Gasteiger charge is 2.21. The van der Waals surface area contributed by atoms with Gasteiger partial charge < -0.3 is 10.2 Å². The Morgan fingerprint density at radius 3 is 1.53 bits per heavy atom. The smallest absolute Gasteiger partial charge is 0.0805 e. The summed E-state index contributed by atoms with van der Waals surface area (Å²) in [4.78, 5) is 5.00. The summed E-state index contributed by atoms with van der Waals surface area (Å²) in [6.07, 6.45) is 5.99. The largest absolute Gasteiger partial charge is 0.388 e. The van der Waals surface area contributed by atoms with E-state index in [0.717, 1.165) is 63.2 Å². The minimum absolute atomic E-state index is 0.316. The first-order valence-electron chi connectivity index (χ1n) is 11.7. The van der Waals surface area contributed by atoms with E-state index in [4.69, 9.17) is 0 Å². The van der Waals surface area contributed by atoms with Crippen LogP contribution in [0.2, 0.25) is 0 Å². The summed E-state index contributed by atoms with van der Waals surface area (Å²) < 4.78 is 0. The summed E-state index contributed by atoms with van der Waals surface area (Å²) in [5, 5.41) is 20.8. The van der Waals surface area contributed by atoms with Crippen LogP contribution in [0.5, 0.6) is 0 Å². The molecule has 4 rings (SSSR count). The van der Waals surface area contributed by atoms with Crippen molar-refractivity contribution in [3.63, 3.8) is 0 Å². The zero-order valence-electron chi connectivity index (χ0n) is 18.0. The van der Waals surface area contributed by atoms with Crippen LogP contribution in [0.1, 0.15) is 73.0 Å². The van der Waals surface area contributed by atoms with Crippen molar-refractivity contribution in [2.75, 3.05) is 26.2 Å². The number of aliphatic hydroxyl groups excluding tert-OH is 2. The molecule has 0 radical (unpaired) electrons. The molecule has 0 aromatic heterocycles. The van der Waals surface area contributed by atoms with Crippen molar-refractivity contribution < 1.29 is 10.2 Å². The molecule has 4 nitrogen and oxygen atoms in total. The standard InChI is InChI=1S/C26H36N2O2/c29-25-13-17-27(19-21-9-3-5-11-23(21)25)15-7-1-2-8-16-28-18-14-26(30)24-12-6-4-10-22(24)20-28/h3-6,9-12,25-26,29-30H,1-2,7-8,13-20H2. The third-order valence-corrected chi connectivity index (χ3v) is 6.75. The van der Waals surface area contributed by atoms with E-state index >= 15 is 0 Å². The average molecular weight is 409 g/mol. The fraction of sp³-hybridized carbons (Fsp3) is 0.538. The summed E-state index contributed by atoms with van der Waals surface area (Å²) in [6, 6.07) is 16.7. The lowest BCUT2D eigenvalue weighted by atomic mass is 10.0. The molecule has 0 aliphatic carbocycles. The average Bonchev–Trinajstić information content (AvgIpc) is 3.03. The number of aliphatic hydroxyl groups is 2. The van der Waals surface area contributed by atoms with Gasteiger partial charge in [-0.15, -0.1) is 0 Å². The van der Waals surface area contributed by atoms with Gasteiger partial charge in [0, 0.05) is 26.2 Å². The Balaban J connectivity index is 1.16. The van der Waals surface area contributed by atoms with E-state index in [1.54, 1.807) is 0 Å². The highest BCUT2D eigenvalue weighted by molar-refractivity contribution is 5.30. The van der Waals surface area contributed by atoms with E-state index in [2.05, 4.69) is 46.2 Å². The molecule has 2 heterocycles. The molecule has 0 fully saturated rings. The summed E-state index contributed by atoms with van der Waals surface area (Å²) >= 11 is 0. The molecule has 2 atom stereocenters. The van der Waals surface area contributed by atoms with Gasteiger partial charge in [0.05, 0.1) is 12.2 Å². The number of benzene rings is 2. The highest BCUT2D eigenvalue weighted by atomic mass is 16.3. The molecule has 2 aliphatic rings. The lowest BCUT2D eigenvalue weighted by molar-refractivity contribution is 0.149. The second kappa shape index (κ2) is 10.5. The Morgan fingerprint density at radius 2 is 1.07 bits per heavy atom. The first-order valence-corrected chi connectivity index (χ1v) is 11.7. The number of unbranched alkanes of at least 4 members (excludes halogenated alkanes) is 3. The summed E-state index contributed by atoms with van der Waals surface area (Å²) in [6.45, 7) is 6.11. The molecule has 0 saturated carbocycles. The summed E-state index contributed by atoms with van der Waals surface area (Å²) in [5.41, 5.74) is 4.80. The molecular weight excluding hydrogens is 372 g/mol. The topological polar surface area (TPSA) is 46.9 Å². The van der Waals surface area contributed by atoms with Crippen LogP contribution in [0.15, 0.2) is 48.5 Å². The third-order valence-electron chi connectivity index (χ3n) is 6.75. The van der Waals surface area contributed by atoms with Crippen molar-refractivity contribution in [1.29, 1.82) is 0 Å². The summed E-state index contributed by atoms with van der Waals surface area (Å²) in [7, 11) is 0. The van der Waals surface area contributed by atoms with E-state index < -0.39 is 0 Å². The van der Waals surface area contributed by atoms with Crippen molar-refractivity contribution in [2.24, 2.45) is 0 Å². The van der Waals surface area contributed by atoms with Crippen LogP contribution in [-0.2, 0) is 13.1 Å². The van der Waals surface area contributed by atoms with Crippen LogP contribution in [0.3, 0.4) is 0 Å². The van der Waals surface area contributed by atoms with Gasteiger partial charge in [0.1, 0.15) is 0 Å². The van der Waals surface area contributed by atoms with Crippen LogP contribution in [0.4, 0.5) is 0 Å². The zero-order chi connectivity index (χ0) is 20.8. The monoisotopic (exact) mass is 408 g/mol. The predicted octanol–water partition coefficient (Wildman–Crippen LogP) is 4.43. The molecule has 0 spiro atoms. The third kappa shape index (κ3) is 5.50. The van der Waals surface area contributed by atoms with Gasteiger partial charge in [-0.05, 0) is 61.0 Å². The molecule has 2 N–H and O–H groups in total. The molecule has 30 heavy (non-hydrogen) atoms. The summed E-state index contributed by atoms with van der Waals surface area (Å²) in [5.74, 6) is 0. The molecule has 162 valence electrons. The van der Waals surface area contributed by atoms with Gasteiger partial charge in [-0.1, -0.05) is 61.4 Å². The van der Waals surface area contributed by atoms with Crippen LogP contribution >= 0.6 is 0 Å². The lowest BCUT2D eigenvalue weighted by Crippen LogP contribution is -2.25. The lowest BCUT2D eigenvalue weighted by Gasteiger charge is -2.21. The maximum Gasteiger partial charge on any atom is 0.0805 e. The Morgan fingerprint density at radius 1 is 0.633 bits per heavy atom. The molecule has 0 amide bonds. The normalized spacial score (nSPS) is 22.7. The van der Waals surface area contributed by atoms with E-state index in [-0.39, 0.29) is 12.2 Å². The van der Waals surface area contributed by atoms with Crippen LogP contribution in [0, 0.1) is 0 Å². The Bertz CT molecular complexity index is 742. The molecule has 2 aromatic carbocycles. The quantitative estimate of drug-likeness (QED) is 0.666. The zero-order valence-corrected chi connectivity index (χ0v) is 18.0. The number of rotatable bonds is 7. The first-order chi connectivity index (χ1) is 14.7. The molecule has 0 saturated heterocycles. The molecule has 2 aromatic rings. The van der Waals surface area contributed by atoms with Gasteiger partial charge in [-0.2, -0.15) is 0 Å². The van der Waals surface area contributed by atoms with Gasteiger partial charge in [-0.3, -0.25) is 9.80 Å². The van der Waals surface area contributed by atoms with Crippen molar-refractivity contribution in [3.8, 4) is 0 Å². The van der Waals surface area contributed by atoms with Gasteiger partial charge >= 0.3 is 0 Å². The Labute approximate surface area is 181 Å². The van der Waals surface area contributed by atoms with E-state index in [0.29, 0.717) is 0 Å². The second-order valence-electron chi connectivity index (χ2n) is 8.97. The van der Waals surface area contributed by atoms with Gasteiger partial charge in [0.15, 0.2) is 0 Å². The predicted molar refractivity (Wildman–Crippen MR) is 121 cm³/mol. The fourth-order valence-electron chi connectivity index (χ4n) is 4.97. The molecular formula is C26H36N2O2. The van der Waals surface area contributed by atoms with E-state index in [9.17, 15) is 10.2 Å². The van der Waals surface area contributed by atoms with Crippen LogP contribution in [0.25, 0.3) is 0 Å². The van der Waals surface area contributed by atoms with Gasteiger partial charge in [0.2, 0.25) is 0 Å². The van der Waals surface area contributed by atoms with Crippen molar-refractivity contribution in [3.05, 3.63) is 70.8 Å². The van der Waals surface area contributed by atoms with Gasteiger partial charge in [-0.25, -0.2) is 0 Å². The van der Waals surface area contributed by atoms with Crippen LogP contribution in [-0.4, -0.2) is 46.2 Å². The van der Waals surface area contributed by atoms with E-state index in [1.165, 1.54) is 36.8 Å². The van der Waals surface area contributed by atoms with Crippen LogP contribution < -0.4 is 0 Å². The minimum atomic E-state index is -0.316. The van der Waals surface area contributed by atoms with E-state index in [1.807, 2.05) is 12.1 Å². The number of hydrogen-bond donors (Lipinski definition) is 2. The SMILES string of the molecule is OC1CCN(CCCCCCN2CCC(O)c3ccccc3C2)Cc2ccccc21. The Hall–Kier alpha value is -1.72. The molecule has 2 unspecified atom stereocenters. The van der Waals surface area contributed by atoms with Crippen molar-refractivity contribution >= 4 is 0 Å². The number of fused-ring (bicyclic) bond motifs is 2. The molecule has 4 heteroatoms. The number of hydrogen-bond acceptors (Lipinski definition) is 4. The van der Waals surface area contributed by atoms with Crippen molar-refractivity contribution in [2.45, 2.75) is 63.8 Å². The molecule has 2 aliphatic heterocycles. The number of nitrogens with zero attached hydrogens (tertiary/aromatic N) is 2.